The quantitative estimate of drug-likeness (QED) is 0.813. The van der Waals surface area contributed by atoms with Gasteiger partial charge in [0.05, 0.1) is 6.54 Å². The zero-order valence-electron chi connectivity index (χ0n) is 13.2. The number of amides is 1. The lowest BCUT2D eigenvalue weighted by Gasteiger charge is -2.27. The van der Waals surface area contributed by atoms with Crippen LogP contribution in [0.5, 0.6) is 0 Å². The van der Waals surface area contributed by atoms with E-state index in [-0.39, 0.29) is 23.9 Å². The third-order valence-electron chi connectivity index (χ3n) is 3.79. The minimum absolute atomic E-state index is 0. The molecular formula is C17H27ClN2O. The van der Waals surface area contributed by atoms with Crippen LogP contribution < -0.4 is 10.6 Å². The topological polar surface area (TPSA) is 41.1 Å². The highest BCUT2D eigenvalue weighted by Gasteiger charge is 2.23. The Morgan fingerprint density at radius 2 is 1.95 bits per heavy atom. The van der Waals surface area contributed by atoms with Crippen molar-refractivity contribution in [3.05, 3.63) is 35.4 Å². The van der Waals surface area contributed by atoms with E-state index >= 15 is 0 Å². The predicted molar refractivity (Wildman–Crippen MR) is 89.9 cm³/mol. The highest BCUT2D eigenvalue weighted by Crippen LogP contribution is 2.27. The summed E-state index contributed by atoms with van der Waals surface area (Å²) in [5.74, 6) is 0.895. The normalized spacial score (nSPS) is 14.4. The molecule has 1 aromatic carbocycles. The molecule has 0 aliphatic heterocycles. The zero-order chi connectivity index (χ0) is 14.6. The molecule has 3 nitrogen and oxygen atoms in total. The monoisotopic (exact) mass is 310 g/mol. The van der Waals surface area contributed by atoms with Crippen LogP contribution in [0.15, 0.2) is 24.3 Å². The molecule has 0 aromatic heterocycles. The fraction of sp³-hybridized carbons (Fsp3) is 0.588. The first kappa shape index (κ1) is 18.0. The number of halogens is 1. The van der Waals surface area contributed by atoms with Gasteiger partial charge in [0.2, 0.25) is 5.91 Å². The fourth-order valence-electron chi connectivity index (χ4n) is 2.46. The van der Waals surface area contributed by atoms with Gasteiger partial charge in [-0.05, 0) is 63.6 Å². The number of hydrogen-bond acceptors (Lipinski definition) is 2. The molecule has 1 aliphatic carbocycles. The van der Waals surface area contributed by atoms with Gasteiger partial charge in [0.15, 0.2) is 0 Å². The molecular weight excluding hydrogens is 284 g/mol. The summed E-state index contributed by atoms with van der Waals surface area (Å²) in [6.07, 6.45) is 3.48. The number of benzene rings is 1. The van der Waals surface area contributed by atoms with Crippen LogP contribution in [0.1, 0.15) is 37.8 Å². The molecule has 1 aromatic rings. The van der Waals surface area contributed by atoms with Crippen molar-refractivity contribution in [3.8, 4) is 0 Å². The highest BCUT2D eigenvalue weighted by molar-refractivity contribution is 5.85. The molecule has 0 heterocycles. The summed E-state index contributed by atoms with van der Waals surface area (Å²) in [7, 11) is 0. The minimum Gasteiger partial charge on any atom is -0.350 e. The number of carbonyl (C=O) groups excluding carboxylic acids is 1. The van der Waals surface area contributed by atoms with E-state index < -0.39 is 0 Å². The smallest absolute Gasteiger partial charge is 0.234 e. The molecule has 0 atom stereocenters. The van der Waals surface area contributed by atoms with E-state index in [0.29, 0.717) is 6.54 Å². The average molecular weight is 311 g/mol. The number of rotatable bonds is 7. The van der Waals surface area contributed by atoms with Gasteiger partial charge < -0.3 is 10.6 Å². The van der Waals surface area contributed by atoms with Gasteiger partial charge in [-0.2, -0.15) is 0 Å². The Morgan fingerprint density at radius 1 is 1.29 bits per heavy atom. The Bertz CT molecular complexity index is 470. The number of carbonyl (C=O) groups is 1. The van der Waals surface area contributed by atoms with Gasteiger partial charge in [-0.25, -0.2) is 0 Å². The van der Waals surface area contributed by atoms with Crippen LogP contribution >= 0.6 is 12.4 Å². The second kappa shape index (κ2) is 7.81. The molecule has 0 saturated heterocycles. The molecule has 0 bridgehead atoms. The van der Waals surface area contributed by atoms with Gasteiger partial charge in [-0.1, -0.05) is 24.3 Å². The Hall–Kier alpha value is -1.06. The van der Waals surface area contributed by atoms with Crippen LogP contribution in [0.25, 0.3) is 0 Å². The van der Waals surface area contributed by atoms with E-state index in [1.165, 1.54) is 24.0 Å². The first-order chi connectivity index (χ1) is 9.46. The van der Waals surface area contributed by atoms with Crippen LogP contribution in [0.3, 0.4) is 0 Å². The largest absolute Gasteiger partial charge is 0.350 e. The Morgan fingerprint density at radius 3 is 2.57 bits per heavy atom. The van der Waals surface area contributed by atoms with E-state index in [9.17, 15) is 4.79 Å². The Labute approximate surface area is 134 Å². The van der Waals surface area contributed by atoms with Crippen molar-refractivity contribution >= 4 is 18.3 Å². The van der Waals surface area contributed by atoms with Crippen molar-refractivity contribution in [3.63, 3.8) is 0 Å². The third-order valence-corrected chi connectivity index (χ3v) is 3.79. The SMILES string of the molecule is Cc1ccccc1CC(C)(C)NC(=O)CNCC1CC1.Cl. The first-order valence-corrected chi connectivity index (χ1v) is 7.52. The summed E-state index contributed by atoms with van der Waals surface area (Å²) in [4.78, 5) is 12.0. The lowest BCUT2D eigenvalue weighted by atomic mass is 9.92. The Kier molecular flexibility index (Phi) is 6.69. The molecule has 4 heteroatoms. The average Bonchev–Trinajstić information content (AvgIpc) is 3.15. The van der Waals surface area contributed by atoms with Crippen LogP contribution in [0.2, 0.25) is 0 Å². The van der Waals surface area contributed by atoms with Crippen LogP contribution in [0.4, 0.5) is 0 Å². The van der Waals surface area contributed by atoms with Gasteiger partial charge in [0.1, 0.15) is 0 Å². The van der Waals surface area contributed by atoms with Crippen molar-refractivity contribution in [2.45, 2.75) is 45.6 Å². The van der Waals surface area contributed by atoms with Crippen LogP contribution in [-0.2, 0) is 11.2 Å². The van der Waals surface area contributed by atoms with Crippen molar-refractivity contribution in [2.24, 2.45) is 5.92 Å². The molecule has 1 saturated carbocycles. The van der Waals surface area contributed by atoms with Crippen molar-refractivity contribution < 1.29 is 4.79 Å². The number of aryl methyl sites for hydroxylation is 1. The van der Waals surface area contributed by atoms with Crippen LogP contribution in [0, 0.1) is 12.8 Å². The number of hydrogen-bond donors (Lipinski definition) is 2. The van der Waals surface area contributed by atoms with Gasteiger partial charge in [-0.15, -0.1) is 12.4 Å². The van der Waals surface area contributed by atoms with E-state index in [0.717, 1.165) is 18.9 Å². The van der Waals surface area contributed by atoms with Crippen molar-refractivity contribution in [1.29, 1.82) is 0 Å². The lowest BCUT2D eigenvalue weighted by Crippen LogP contribution is -2.48. The predicted octanol–water partition coefficient (Wildman–Crippen LogP) is 2.85. The summed E-state index contributed by atoms with van der Waals surface area (Å²) in [6, 6.07) is 8.35. The third kappa shape index (κ3) is 6.49. The second-order valence-electron chi connectivity index (χ2n) is 6.61. The summed E-state index contributed by atoms with van der Waals surface area (Å²) >= 11 is 0. The Balaban J connectivity index is 0.00000220. The maximum Gasteiger partial charge on any atom is 0.234 e. The zero-order valence-corrected chi connectivity index (χ0v) is 14.1. The molecule has 118 valence electrons. The molecule has 1 aliphatic rings. The first-order valence-electron chi connectivity index (χ1n) is 7.52. The second-order valence-corrected chi connectivity index (χ2v) is 6.61. The van der Waals surface area contributed by atoms with Gasteiger partial charge >= 0.3 is 0 Å². The molecule has 1 amide bonds. The van der Waals surface area contributed by atoms with E-state index in [2.05, 4.69) is 49.6 Å². The van der Waals surface area contributed by atoms with Crippen LogP contribution in [-0.4, -0.2) is 24.5 Å². The molecule has 2 rings (SSSR count). The minimum atomic E-state index is -0.218. The summed E-state index contributed by atoms with van der Waals surface area (Å²) < 4.78 is 0. The highest BCUT2D eigenvalue weighted by atomic mass is 35.5. The summed E-state index contributed by atoms with van der Waals surface area (Å²) in [5.41, 5.74) is 2.36. The van der Waals surface area contributed by atoms with Crippen molar-refractivity contribution in [2.75, 3.05) is 13.1 Å². The van der Waals surface area contributed by atoms with E-state index in [1.54, 1.807) is 0 Å². The summed E-state index contributed by atoms with van der Waals surface area (Å²) in [6.45, 7) is 7.68. The molecule has 21 heavy (non-hydrogen) atoms. The van der Waals surface area contributed by atoms with E-state index in [1.807, 2.05) is 6.07 Å². The van der Waals surface area contributed by atoms with E-state index in [4.69, 9.17) is 0 Å². The maximum absolute atomic E-state index is 12.0. The molecule has 2 N–H and O–H groups in total. The molecule has 0 spiro atoms. The molecule has 0 radical (unpaired) electrons. The summed E-state index contributed by atoms with van der Waals surface area (Å²) in [5, 5.41) is 6.36. The van der Waals surface area contributed by atoms with Crippen molar-refractivity contribution in [1.82, 2.24) is 10.6 Å². The molecule has 0 unspecified atom stereocenters. The molecule has 1 fully saturated rings. The maximum atomic E-state index is 12.0. The van der Waals surface area contributed by atoms with Gasteiger partial charge in [0.25, 0.3) is 0 Å². The number of nitrogens with one attached hydrogen (secondary N) is 2. The van der Waals surface area contributed by atoms with Gasteiger partial charge in [-0.3, -0.25) is 4.79 Å². The standard InChI is InChI=1S/C17H26N2O.ClH/c1-13-6-4-5-7-15(13)10-17(2,3)19-16(20)12-18-11-14-8-9-14;/h4-7,14,18H,8-12H2,1-3H3,(H,19,20);1H. The lowest BCUT2D eigenvalue weighted by molar-refractivity contribution is -0.121. The fourth-order valence-corrected chi connectivity index (χ4v) is 2.46. The van der Waals surface area contributed by atoms with Gasteiger partial charge in [0, 0.05) is 5.54 Å².